The summed E-state index contributed by atoms with van der Waals surface area (Å²) in [7, 11) is 0. The van der Waals surface area contributed by atoms with Crippen molar-refractivity contribution in [1.29, 1.82) is 0 Å². The average molecular weight is 535 g/mol. The topological polar surface area (TPSA) is 140 Å². The van der Waals surface area contributed by atoms with Gasteiger partial charge in [0.25, 0.3) is 11.8 Å². The molecule has 0 saturated carbocycles. The van der Waals surface area contributed by atoms with Gasteiger partial charge in [-0.3, -0.25) is 24.5 Å². The van der Waals surface area contributed by atoms with Crippen LogP contribution >= 0.6 is 0 Å². The molecule has 0 spiro atoms. The summed E-state index contributed by atoms with van der Waals surface area (Å²) >= 11 is 0. The van der Waals surface area contributed by atoms with Crippen molar-refractivity contribution < 1.29 is 24.0 Å². The predicted molar refractivity (Wildman–Crippen MR) is 146 cm³/mol. The van der Waals surface area contributed by atoms with Gasteiger partial charge in [0.05, 0.1) is 6.54 Å². The molecule has 0 unspecified atom stereocenters. The molecule has 3 aromatic rings. The molecular formula is C28H31FN6O4. The number of hydrogen-bond donors (Lipinski definition) is 5. The fourth-order valence-corrected chi connectivity index (χ4v) is 4.33. The molecule has 204 valence electrons. The van der Waals surface area contributed by atoms with E-state index in [4.69, 9.17) is 10.9 Å². The monoisotopic (exact) mass is 534 g/mol. The molecule has 10 nitrogen and oxygen atoms in total. The minimum absolute atomic E-state index is 0.0981. The maximum atomic E-state index is 13.2. The van der Waals surface area contributed by atoms with Gasteiger partial charge in [-0.05, 0) is 59.7 Å². The summed E-state index contributed by atoms with van der Waals surface area (Å²) in [6, 6.07) is 19.6. The number of hydroxylamine groups is 1. The quantitative estimate of drug-likeness (QED) is 0.208. The number of halogens is 1. The molecule has 6 N–H and O–H groups in total. The minimum atomic E-state index is -1.05. The lowest BCUT2D eigenvalue weighted by atomic mass is 10.0. The first-order chi connectivity index (χ1) is 18.9. The van der Waals surface area contributed by atoms with E-state index in [0.29, 0.717) is 11.3 Å². The third-order valence-corrected chi connectivity index (χ3v) is 6.55. The van der Waals surface area contributed by atoms with Crippen LogP contribution in [0.15, 0.2) is 72.8 Å². The van der Waals surface area contributed by atoms with Gasteiger partial charge >= 0.3 is 0 Å². The third-order valence-electron chi connectivity index (χ3n) is 6.55. The summed E-state index contributed by atoms with van der Waals surface area (Å²) < 4.78 is 13.2. The molecule has 3 aromatic carbocycles. The van der Waals surface area contributed by atoms with E-state index < -0.39 is 17.9 Å². The number of anilines is 2. The predicted octanol–water partition coefficient (Wildman–Crippen LogP) is 1.82. The normalized spacial score (nSPS) is 14.4. The van der Waals surface area contributed by atoms with E-state index in [0.717, 1.165) is 43.0 Å². The maximum Gasteiger partial charge on any atom is 0.267 e. The zero-order chi connectivity index (χ0) is 27.8. The van der Waals surface area contributed by atoms with E-state index in [2.05, 4.69) is 20.4 Å². The number of amides is 3. The van der Waals surface area contributed by atoms with E-state index >= 15 is 0 Å². The summed E-state index contributed by atoms with van der Waals surface area (Å²) in [5.74, 6) is -1.64. The van der Waals surface area contributed by atoms with Crippen molar-refractivity contribution in [3.8, 4) is 11.1 Å². The number of carbonyl (C=O) groups excluding carboxylic acids is 3. The molecule has 1 atom stereocenters. The van der Waals surface area contributed by atoms with Gasteiger partial charge in [0, 0.05) is 49.7 Å². The van der Waals surface area contributed by atoms with Crippen molar-refractivity contribution in [3.05, 3.63) is 84.2 Å². The Balaban J connectivity index is 1.26. The van der Waals surface area contributed by atoms with Gasteiger partial charge < -0.3 is 21.3 Å². The van der Waals surface area contributed by atoms with Crippen molar-refractivity contribution in [2.45, 2.75) is 6.04 Å². The Morgan fingerprint density at radius 1 is 0.872 bits per heavy atom. The van der Waals surface area contributed by atoms with Crippen LogP contribution in [-0.2, 0) is 9.59 Å². The molecule has 4 rings (SSSR count). The van der Waals surface area contributed by atoms with Crippen molar-refractivity contribution in [1.82, 2.24) is 15.7 Å². The van der Waals surface area contributed by atoms with Crippen LogP contribution in [0.2, 0.25) is 0 Å². The third kappa shape index (κ3) is 7.38. The fourth-order valence-electron chi connectivity index (χ4n) is 4.33. The van der Waals surface area contributed by atoms with Gasteiger partial charge in [0.1, 0.15) is 11.9 Å². The van der Waals surface area contributed by atoms with Gasteiger partial charge in [0.15, 0.2) is 0 Å². The van der Waals surface area contributed by atoms with Crippen LogP contribution in [0.1, 0.15) is 10.4 Å². The van der Waals surface area contributed by atoms with Crippen molar-refractivity contribution in [2.75, 3.05) is 49.5 Å². The molecule has 0 aliphatic carbocycles. The molecule has 3 amide bonds. The summed E-state index contributed by atoms with van der Waals surface area (Å²) in [5, 5.41) is 14.1. The molecule has 1 saturated heterocycles. The first-order valence-corrected chi connectivity index (χ1v) is 12.5. The van der Waals surface area contributed by atoms with Gasteiger partial charge in [-0.2, -0.15) is 0 Å². The minimum Gasteiger partial charge on any atom is -0.369 e. The molecule has 0 radical (unpaired) electrons. The molecule has 1 aliphatic heterocycles. The Kier molecular flexibility index (Phi) is 9.21. The Labute approximate surface area is 225 Å². The second-order valence-electron chi connectivity index (χ2n) is 9.18. The first kappa shape index (κ1) is 27.7. The van der Waals surface area contributed by atoms with Crippen LogP contribution in [0.3, 0.4) is 0 Å². The Bertz CT molecular complexity index is 1280. The Morgan fingerprint density at radius 2 is 1.46 bits per heavy atom. The van der Waals surface area contributed by atoms with Gasteiger partial charge in [-0.1, -0.05) is 24.3 Å². The van der Waals surface area contributed by atoms with Crippen LogP contribution in [0.4, 0.5) is 15.8 Å². The molecule has 1 heterocycles. The highest BCUT2D eigenvalue weighted by atomic mass is 19.1. The number of hydrogen-bond acceptors (Lipinski definition) is 7. The highest BCUT2D eigenvalue weighted by Crippen LogP contribution is 2.22. The van der Waals surface area contributed by atoms with Crippen LogP contribution in [0, 0.1) is 5.82 Å². The van der Waals surface area contributed by atoms with Crippen LogP contribution in [-0.4, -0.2) is 73.1 Å². The van der Waals surface area contributed by atoms with Crippen molar-refractivity contribution in [2.24, 2.45) is 5.73 Å². The lowest BCUT2D eigenvalue weighted by Crippen LogP contribution is -2.50. The van der Waals surface area contributed by atoms with Gasteiger partial charge in [0.2, 0.25) is 5.91 Å². The lowest BCUT2D eigenvalue weighted by molar-refractivity contribution is -0.130. The molecule has 1 aliphatic rings. The summed E-state index contributed by atoms with van der Waals surface area (Å²) in [6.07, 6.45) is 0. The van der Waals surface area contributed by atoms with Gasteiger partial charge in [-0.15, -0.1) is 0 Å². The standard InChI is InChI=1S/C28H31FN6O4/c29-22-7-11-24(12-8-22)35-15-13-34(14-16-35)18-26(36)31-23-9-5-20(6-10-23)19-1-3-21(4-2-19)27(37)32-25(17-30)28(38)33-39/h1-12,25,39H,13-18,30H2,(H,31,36)(H,32,37)(H,33,38)/t25-/m0/s1. The number of nitrogens with zero attached hydrogens (tertiary/aromatic N) is 2. The van der Waals surface area contributed by atoms with E-state index in [1.165, 1.54) is 17.6 Å². The first-order valence-electron chi connectivity index (χ1n) is 12.5. The van der Waals surface area contributed by atoms with Crippen LogP contribution in [0.25, 0.3) is 11.1 Å². The molecule has 39 heavy (non-hydrogen) atoms. The molecule has 1 fully saturated rings. The van der Waals surface area contributed by atoms with E-state index in [1.54, 1.807) is 36.4 Å². The molecule has 0 aromatic heterocycles. The van der Waals surface area contributed by atoms with E-state index in [9.17, 15) is 18.8 Å². The van der Waals surface area contributed by atoms with E-state index in [1.807, 2.05) is 24.3 Å². The highest BCUT2D eigenvalue weighted by molar-refractivity contribution is 5.98. The second kappa shape index (κ2) is 13.0. The lowest BCUT2D eigenvalue weighted by Gasteiger charge is -2.35. The number of nitrogens with two attached hydrogens (primary N) is 1. The molecular weight excluding hydrogens is 503 g/mol. The second-order valence-corrected chi connectivity index (χ2v) is 9.18. The Hall–Kier alpha value is -4.32. The number of rotatable bonds is 9. The highest BCUT2D eigenvalue weighted by Gasteiger charge is 2.20. The van der Waals surface area contributed by atoms with Gasteiger partial charge in [-0.25, -0.2) is 9.87 Å². The average Bonchev–Trinajstić information content (AvgIpc) is 2.96. The zero-order valence-electron chi connectivity index (χ0n) is 21.3. The number of benzene rings is 3. The fraction of sp³-hybridized carbons (Fsp3) is 0.250. The van der Waals surface area contributed by atoms with Crippen molar-refractivity contribution in [3.63, 3.8) is 0 Å². The number of nitrogens with one attached hydrogen (secondary N) is 3. The number of carbonyl (C=O) groups is 3. The molecule has 0 bridgehead atoms. The van der Waals surface area contributed by atoms with Crippen LogP contribution in [0.5, 0.6) is 0 Å². The molecule has 11 heteroatoms. The maximum absolute atomic E-state index is 13.2. The number of piperazine rings is 1. The Morgan fingerprint density at radius 3 is 2.03 bits per heavy atom. The van der Waals surface area contributed by atoms with E-state index in [-0.39, 0.29) is 24.8 Å². The summed E-state index contributed by atoms with van der Waals surface area (Å²) in [6.45, 7) is 3.12. The summed E-state index contributed by atoms with van der Waals surface area (Å²) in [4.78, 5) is 40.8. The SMILES string of the molecule is NC[C@H](NC(=O)c1ccc(-c2ccc(NC(=O)CN3CCN(c4ccc(F)cc4)CC3)cc2)cc1)C(=O)NO. The largest absolute Gasteiger partial charge is 0.369 e. The zero-order valence-corrected chi connectivity index (χ0v) is 21.3. The van der Waals surface area contributed by atoms with Crippen molar-refractivity contribution >= 4 is 29.1 Å². The smallest absolute Gasteiger partial charge is 0.267 e. The summed E-state index contributed by atoms with van der Waals surface area (Å²) in [5.41, 5.74) is 10.7. The van der Waals surface area contributed by atoms with Crippen LogP contribution < -0.4 is 26.7 Å².